The number of hydrogen-bond donors (Lipinski definition) is 2. The highest BCUT2D eigenvalue weighted by molar-refractivity contribution is 7.90. The fourth-order valence-electron chi connectivity index (χ4n) is 4.93. The lowest BCUT2D eigenvalue weighted by Crippen LogP contribution is -2.27. The number of aromatic nitrogens is 2. The highest BCUT2D eigenvalue weighted by Crippen LogP contribution is 2.38. The third kappa shape index (κ3) is 6.40. The van der Waals surface area contributed by atoms with Gasteiger partial charge in [0.2, 0.25) is 0 Å². The predicted molar refractivity (Wildman–Crippen MR) is 153 cm³/mol. The number of anilines is 1. The zero-order valence-electron chi connectivity index (χ0n) is 23.0. The molecule has 8 nitrogen and oxygen atoms in total. The maximum atomic E-state index is 13.6. The van der Waals surface area contributed by atoms with Gasteiger partial charge in [0.1, 0.15) is 5.69 Å². The van der Waals surface area contributed by atoms with Gasteiger partial charge in [-0.05, 0) is 73.0 Å². The molecule has 0 radical (unpaired) electrons. The largest absolute Gasteiger partial charge is 0.435 e. The summed E-state index contributed by atoms with van der Waals surface area (Å²) < 4.78 is 65.7. The first-order chi connectivity index (χ1) is 19.8. The number of amides is 1. The summed E-state index contributed by atoms with van der Waals surface area (Å²) in [5, 5.41) is 6.42. The minimum atomic E-state index is -4.75. The molecule has 42 heavy (non-hydrogen) atoms. The fraction of sp³-hybridized carbons (Fsp3) is 0.267. The average molecular weight is 598 g/mol. The topological polar surface area (TPSA) is 110 Å². The molecule has 1 amide bonds. The number of halogens is 3. The highest BCUT2D eigenvalue weighted by atomic mass is 32.2. The number of rotatable bonds is 9. The summed E-state index contributed by atoms with van der Waals surface area (Å²) in [4.78, 5) is 15.8. The zero-order chi connectivity index (χ0) is 30.2. The molecule has 12 heteroatoms. The monoisotopic (exact) mass is 597 g/mol. The number of nitrogens with two attached hydrogens (primary N) is 1. The Labute approximate surface area is 241 Å². The van der Waals surface area contributed by atoms with Gasteiger partial charge in [0.15, 0.2) is 15.5 Å². The number of alkyl halides is 3. The van der Waals surface area contributed by atoms with Crippen molar-refractivity contribution in [1.82, 2.24) is 14.7 Å². The van der Waals surface area contributed by atoms with Gasteiger partial charge in [-0.15, -0.1) is 0 Å². The van der Waals surface area contributed by atoms with E-state index >= 15 is 0 Å². The Morgan fingerprint density at radius 3 is 2.36 bits per heavy atom. The molecule has 0 spiro atoms. The number of carbonyl (C=O) groups excluding carboxylic acids is 1. The van der Waals surface area contributed by atoms with E-state index in [0.717, 1.165) is 41.0 Å². The molecule has 1 saturated carbocycles. The lowest BCUT2D eigenvalue weighted by Gasteiger charge is -2.29. The average Bonchev–Trinajstić information content (AvgIpc) is 3.69. The van der Waals surface area contributed by atoms with Crippen molar-refractivity contribution in [2.75, 3.05) is 18.6 Å². The number of hydrogen-bond acceptors (Lipinski definition) is 6. The third-order valence-corrected chi connectivity index (χ3v) is 8.37. The molecule has 4 aromatic rings. The van der Waals surface area contributed by atoms with E-state index in [0.29, 0.717) is 17.3 Å². The van der Waals surface area contributed by atoms with Crippen molar-refractivity contribution >= 4 is 21.4 Å². The molecule has 1 aliphatic carbocycles. The molecule has 220 valence electrons. The van der Waals surface area contributed by atoms with Gasteiger partial charge in [0, 0.05) is 30.6 Å². The van der Waals surface area contributed by atoms with Crippen LogP contribution in [0.15, 0.2) is 83.8 Å². The van der Waals surface area contributed by atoms with E-state index in [2.05, 4.69) is 15.3 Å². The number of carbonyl (C=O) groups is 1. The van der Waals surface area contributed by atoms with Crippen LogP contribution in [-0.4, -0.2) is 48.4 Å². The van der Waals surface area contributed by atoms with Gasteiger partial charge < -0.3 is 11.1 Å². The molecule has 1 unspecified atom stereocenters. The van der Waals surface area contributed by atoms with Crippen LogP contribution in [0.4, 0.5) is 18.9 Å². The molecule has 1 heterocycles. The molecule has 1 aliphatic rings. The van der Waals surface area contributed by atoms with Gasteiger partial charge in [-0.1, -0.05) is 36.4 Å². The maximum absolute atomic E-state index is 13.6. The summed E-state index contributed by atoms with van der Waals surface area (Å²) in [6.45, 7) is 0.170. The fourth-order valence-corrected chi connectivity index (χ4v) is 5.56. The van der Waals surface area contributed by atoms with E-state index in [4.69, 9.17) is 5.73 Å². The standard InChI is InChI=1S/C30H30F3N5O3S/c1-37(23-11-12-23)28(20-9-13-25(14-10-20)42(2,40)41)21-6-4-7-22(16-21)35-29(39)26-17-27(30(31,32)33)36-38(26)24-8-3-5-19(15-24)18-34/h3-10,13-17,23,28H,11-12,18,34H2,1-2H3,(H,35,39). The Kier molecular flexibility index (Phi) is 7.97. The van der Waals surface area contributed by atoms with E-state index in [1.165, 1.54) is 0 Å². The van der Waals surface area contributed by atoms with E-state index in [1.807, 2.05) is 13.1 Å². The number of nitrogens with one attached hydrogen (secondary N) is 1. The quantitative estimate of drug-likeness (QED) is 0.275. The summed E-state index contributed by atoms with van der Waals surface area (Å²) in [7, 11) is -1.37. The number of sulfone groups is 1. The van der Waals surface area contributed by atoms with Crippen molar-refractivity contribution in [3.63, 3.8) is 0 Å². The summed E-state index contributed by atoms with van der Waals surface area (Å²) in [5.41, 5.74) is 7.25. The minimum absolute atomic E-state index is 0.170. The Morgan fingerprint density at radius 1 is 1.05 bits per heavy atom. The van der Waals surface area contributed by atoms with Crippen LogP contribution in [0.3, 0.4) is 0 Å². The van der Waals surface area contributed by atoms with E-state index < -0.39 is 27.6 Å². The first kappa shape index (κ1) is 29.5. The molecular weight excluding hydrogens is 567 g/mol. The third-order valence-electron chi connectivity index (χ3n) is 7.24. The van der Waals surface area contributed by atoms with Crippen LogP contribution in [0.5, 0.6) is 0 Å². The molecule has 0 saturated heterocycles. The molecule has 5 rings (SSSR count). The van der Waals surface area contributed by atoms with Crippen LogP contribution in [-0.2, 0) is 22.6 Å². The highest BCUT2D eigenvalue weighted by Gasteiger charge is 2.36. The van der Waals surface area contributed by atoms with Crippen LogP contribution in [0.2, 0.25) is 0 Å². The normalized spacial score (nSPS) is 14.6. The van der Waals surface area contributed by atoms with Gasteiger partial charge in [0.25, 0.3) is 5.91 Å². The second kappa shape index (κ2) is 11.3. The second-order valence-corrected chi connectivity index (χ2v) is 12.4. The Balaban J connectivity index is 1.48. The van der Waals surface area contributed by atoms with Crippen molar-refractivity contribution in [1.29, 1.82) is 0 Å². The Morgan fingerprint density at radius 2 is 1.74 bits per heavy atom. The van der Waals surface area contributed by atoms with Crippen molar-refractivity contribution in [2.24, 2.45) is 5.73 Å². The zero-order valence-corrected chi connectivity index (χ0v) is 23.8. The predicted octanol–water partition coefficient (Wildman–Crippen LogP) is 5.19. The number of nitrogens with zero attached hydrogens (tertiary/aromatic N) is 3. The van der Waals surface area contributed by atoms with Crippen molar-refractivity contribution in [3.05, 3.63) is 107 Å². The van der Waals surface area contributed by atoms with E-state index in [9.17, 15) is 26.4 Å². The van der Waals surface area contributed by atoms with Gasteiger partial charge >= 0.3 is 6.18 Å². The maximum Gasteiger partial charge on any atom is 0.435 e. The molecule has 0 aliphatic heterocycles. The molecule has 1 atom stereocenters. The smallest absolute Gasteiger partial charge is 0.326 e. The second-order valence-electron chi connectivity index (χ2n) is 10.4. The lowest BCUT2D eigenvalue weighted by molar-refractivity contribution is -0.141. The van der Waals surface area contributed by atoms with Crippen LogP contribution in [0.1, 0.15) is 51.8 Å². The van der Waals surface area contributed by atoms with Gasteiger partial charge in [0.05, 0.1) is 16.6 Å². The summed E-state index contributed by atoms with van der Waals surface area (Å²) >= 11 is 0. The van der Waals surface area contributed by atoms with Crippen molar-refractivity contribution < 1.29 is 26.4 Å². The summed E-state index contributed by atoms with van der Waals surface area (Å²) in [5.74, 6) is -0.766. The van der Waals surface area contributed by atoms with Crippen LogP contribution >= 0.6 is 0 Å². The molecule has 1 aromatic heterocycles. The first-order valence-electron chi connectivity index (χ1n) is 13.2. The first-order valence-corrected chi connectivity index (χ1v) is 15.1. The molecule has 3 aromatic carbocycles. The van der Waals surface area contributed by atoms with Gasteiger partial charge in [-0.2, -0.15) is 18.3 Å². The van der Waals surface area contributed by atoms with Crippen LogP contribution in [0.25, 0.3) is 5.69 Å². The summed E-state index contributed by atoms with van der Waals surface area (Å²) in [6.07, 6.45) is -1.54. The summed E-state index contributed by atoms with van der Waals surface area (Å²) in [6, 6.07) is 21.1. The van der Waals surface area contributed by atoms with Crippen molar-refractivity contribution in [2.45, 2.75) is 42.5 Å². The molecule has 3 N–H and O–H groups in total. The van der Waals surface area contributed by atoms with E-state index in [-0.39, 0.29) is 28.9 Å². The molecular formula is C30H30F3N5O3S. The molecule has 0 bridgehead atoms. The Bertz CT molecular complexity index is 1710. The van der Waals surface area contributed by atoms with Gasteiger partial charge in [-0.25, -0.2) is 13.1 Å². The Hall–Kier alpha value is -4.00. The SMILES string of the molecule is CN(C1CC1)C(c1ccc(S(C)(=O)=O)cc1)c1cccc(NC(=O)c2cc(C(F)(F)F)nn2-c2cccc(CN)c2)c1. The lowest BCUT2D eigenvalue weighted by atomic mass is 9.96. The van der Waals surface area contributed by atoms with E-state index in [1.54, 1.807) is 66.7 Å². The van der Waals surface area contributed by atoms with Crippen LogP contribution in [0, 0.1) is 0 Å². The van der Waals surface area contributed by atoms with Gasteiger partial charge in [-0.3, -0.25) is 9.69 Å². The minimum Gasteiger partial charge on any atom is -0.326 e. The number of benzene rings is 3. The molecule has 1 fully saturated rings. The van der Waals surface area contributed by atoms with Crippen LogP contribution < -0.4 is 11.1 Å². The van der Waals surface area contributed by atoms with Crippen molar-refractivity contribution in [3.8, 4) is 5.69 Å².